The summed E-state index contributed by atoms with van der Waals surface area (Å²) < 4.78 is 1.67. The normalized spacial score (nSPS) is 10.8. The van der Waals surface area contributed by atoms with E-state index in [-0.39, 0.29) is 0 Å². The molecule has 0 aliphatic rings. The molecule has 80 valence electrons. The first-order valence-corrected chi connectivity index (χ1v) is 4.77. The number of fused-ring (bicyclic) bond motifs is 1. The number of H-pyrrole nitrogens is 1. The van der Waals surface area contributed by atoms with Crippen molar-refractivity contribution in [1.82, 2.24) is 29.7 Å². The molecule has 0 bridgehead atoms. The number of rotatable bonds is 2. The van der Waals surface area contributed by atoms with Gasteiger partial charge in [0.2, 0.25) is 5.95 Å². The van der Waals surface area contributed by atoms with E-state index in [0.29, 0.717) is 17.4 Å². The lowest BCUT2D eigenvalue weighted by Gasteiger charge is -2.04. The first-order valence-electron chi connectivity index (χ1n) is 4.77. The SMILES string of the molecule is CNc1nc(-n2cccn2)c2[nH]cnc2n1. The summed E-state index contributed by atoms with van der Waals surface area (Å²) in [5.74, 6) is 1.20. The van der Waals surface area contributed by atoms with Crippen molar-refractivity contribution in [3.8, 4) is 5.82 Å². The maximum Gasteiger partial charge on any atom is 0.226 e. The first kappa shape index (κ1) is 8.84. The van der Waals surface area contributed by atoms with Crippen molar-refractivity contribution < 1.29 is 0 Å². The van der Waals surface area contributed by atoms with E-state index < -0.39 is 0 Å². The van der Waals surface area contributed by atoms with Crippen LogP contribution in [0.25, 0.3) is 17.0 Å². The number of anilines is 1. The van der Waals surface area contributed by atoms with Crippen molar-refractivity contribution in [1.29, 1.82) is 0 Å². The van der Waals surface area contributed by atoms with Crippen molar-refractivity contribution in [3.63, 3.8) is 0 Å². The van der Waals surface area contributed by atoms with E-state index in [1.165, 1.54) is 0 Å². The molecule has 0 fully saturated rings. The number of aromatic amines is 1. The number of nitrogens with zero attached hydrogens (tertiary/aromatic N) is 5. The quantitative estimate of drug-likeness (QED) is 0.653. The number of hydrogen-bond acceptors (Lipinski definition) is 5. The minimum absolute atomic E-state index is 0.519. The van der Waals surface area contributed by atoms with Gasteiger partial charge in [0, 0.05) is 19.4 Å². The highest BCUT2D eigenvalue weighted by Crippen LogP contribution is 2.16. The third kappa shape index (κ3) is 1.22. The lowest BCUT2D eigenvalue weighted by Crippen LogP contribution is -2.04. The van der Waals surface area contributed by atoms with E-state index in [1.807, 2.05) is 12.3 Å². The van der Waals surface area contributed by atoms with Crippen LogP contribution < -0.4 is 5.32 Å². The van der Waals surface area contributed by atoms with Crippen LogP contribution in [-0.4, -0.2) is 36.8 Å². The van der Waals surface area contributed by atoms with Crippen LogP contribution in [0.2, 0.25) is 0 Å². The van der Waals surface area contributed by atoms with Crippen LogP contribution in [0.15, 0.2) is 24.8 Å². The molecule has 2 N–H and O–H groups in total. The predicted molar refractivity (Wildman–Crippen MR) is 58.4 cm³/mol. The second-order valence-electron chi connectivity index (χ2n) is 3.17. The molecule has 0 radical (unpaired) electrons. The molecule has 0 saturated heterocycles. The van der Waals surface area contributed by atoms with Gasteiger partial charge in [-0.1, -0.05) is 0 Å². The molecule has 0 spiro atoms. The summed E-state index contributed by atoms with van der Waals surface area (Å²) in [6.45, 7) is 0. The van der Waals surface area contributed by atoms with E-state index in [4.69, 9.17) is 0 Å². The van der Waals surface area contributed by atoms with Gasteiger partial charge in [0.05, 0.1) is 6.33 Å². The van der Waals surface area contributed by atoms with Gasteiger partial charge < -0.3 is 10.3 Å². The van der Waals surface area contributed by atoms with Crippen LogP contribution in [0.1, 0.15) is 0 Å². The summed E-state index contributed by atoms with van der Waals surface area (Å²) in [7, 11) is 1.76. The van der Waals surface area contributed by atoms with Crippen molar-refractivity contribution in [2.24, 2.45) is 0 Å². The number of hydrogen-bond donors (Lipinski definition) is 2. The summed E-state index contributed by atoms with van der Waals surface area (Å²) in [6, 6.07) is 1.84. The number of nitrogens with one attached hydrogen (secondary N) is 2. The molecular weight excluding hydrogens is 206 g/mol. The molecule has 0 saturated carbocycles. The monoisotopic (exact) mass is 215 g/mol. The van der Waals surface area contributed by atoms with Crippen LogP contribution >= 0.6 is 0 Å². The maximum absolute atomic E-state index is 4.34. The fourth-order valence-corrected chi connectivity index (χ4v) is 1.49. The zero-order chi connectivity index (χ0) is 11.0. The van der Waals surface area contributed by atoms with E-state index in [0.717, 1.165) is 5.52 Å². The highest BCUT2D eigenvalue weighted by atomic mass is 15.3. The Labute approximate surface area is 90.6 Å². The molecule has 3 heterocycles. The average Bonchev–Trinajstić information content (AvgIpc) is 2.98. The predicted octanol–water partition coefficient (Wildman–Crippen LogP) is 0.580. The molecule has 0 amide bonds. The molecule has 0 unspecified atom stereocenters. The first-order chi connectivity index (χ1) is 7.88. The van der Waals surface area contributed by atoms with Crippen LogP contribution in [0, 0.1) is 0 Å². The average molecular weight is 215 g/mol. The van der Waals surface area contributed by atoms with E-state index in [9.17, 15) is 0 Å². The fourth-order valence-electron chi connectivity index (χ4n) is 1.49. The molecule has 16 heavy (non-hydrogen) atoms. The summed E-state index contributed by atoms with van der Waals surface area (Å²) in [5, 5.41) is 7.04. The summed E-state index contributed by atoms with van der Waals surface area (Å²) in [4.78, 5) is 15.7. The second kappa shape index (κ2) is 3.30. The molecule has 0 aliphatic heterocycles. The summed E-state index contributed by atoms with van der Waals surface area (Å²) >= 11 is 0. The van der Waals surface area contributed by atoms with Gasteiger partial charge in [-0.25, -0.2) is 9.67 Å². The Hall–Kier alpha value is -2.44. The van der Waals surface area contributed by atoms with Gasteiger partial charge in [0.1, 0.15) is 5.52 Å². The maximum atomic E-state index is 4.34. The van der Waals surface area contributed by atoms with Crippen LogP contribution in [-0.2, 0) is 0 Å². The molecule has 0 aromatic carbocycles. The molecule has 7 nitrogen and oxygen atoms in total. The zero-order valence-corrected chi connectivity index (χ0v) is 8.55. The Bertz CT molecular complexity index is 610. The molecule has 3 aromatic heterocycles. The van der Waals surface area contributed by atoms with Crippen molar-refractivity contribution in [2.75, 3.05) is 12.4 Å². The minimum atomic E-state index is 0.519. The van der Waals surface area contributed by atoms with Crippen molar-refractivity contribution in [2.45, 2.75) is 0 Å². The molecule has 3 rings (SSSR count). The van der Waals surface area contributed by atoms with Gasteiger partial charge in [-0.3, -0.25) is 0 Å². The van der Waals surface area contributed by atoms with Crippen LogP contribution in [0.5, 0.6) is 0 Å². The molecule has 3 aromatic rings. The van der Waals surface area contributed by atoms with Gasteiger partial charge in [0.15, 0.2) is 11.5 Å². The van der Waals surface area contributed by atoms with Gasteiger partial charge >= 0.3 is 0 Å². The van der Waals surface area contributed by atoms with Gasteiger partial charge in [-0.2, -0.15) is 15.1 Å². The van der Waals surface area contributed by atoms with Gasteiger partial charge in [-0.15, -0.1) is 0 Å². The van der Waals surface area contributed by atoms with E-state index >= 15 is 0 Å². The lowest BCUT2D eigenvalue weighted by atomic mass is 10.5. The van der Waals surface area contributed by atoms with Gasteiger partial charge in [-0.05, 0) is 6.07 Å². The zero-order valence-electron chi connectivity index (χ0n) is 8.55. The Kier molecular flexibility index (Phi) is 1.82. The van der Waals surface area contributed by atoms with Crippen LogP contribution in [0.3, 0.4) is 0 Å². The Morgan fingerprint density at radius 3 is 3.06 bits per heavy atom. The Balaban J connectivity index is 2.33. The highest BCUT2D eigenvalue weighted by molar-refractivity contribution is 5.79. The fraction of sp³-hybridized carbons (Fsp3) is 0.111. The smallest absolute Gasteiger partial charge is 0.226 e. The topological polar surface area (TPSA) is 84.3 Å². The third-order valence-corrected chi connectivity index (χ3v) is 2.21. The molecule has 0 atom stereocenters. The van der Waals surface area contributed by atoms with Crippen molar-refractivity contribution >= 4 is 17.1 Å². The summed E-state index contributed by atoms with van der Waals surface area (Å²) in [6.07, 6.45) is 5.11. The standard InChI is InChI=1S/C9H9N7/c1-10-9-14-7-6(11-5-12-7)8(15-9)16-4-2-3-13-16/h2-5H,1H3,(H2,10,11,12,14,15). The molecular formula is C9H9N7. The molecule has 0 aliphatic carbocycles. The summed E-state index contributed by atoms with van der Waals surface area (Å²) in [5.41, 5.74) is 1.38. The van der Waals surface area contributed by atoms with Gasteiger partial charge in [0.25, 0.3) is 0 Å². The third-order valence-electron chi connectivity index (χ3n) is 2.21. The van der Waals surface area contributed by atoms with Crippen molar-refractivity contribution in [3.05, 3.63) is 24.8 Å². The molecule has 7 heteroatoms. The Morgan fingerprint density at radius 1 is 1.38 bits per heavy atom. The number of aromatic nitrogens is 6. The van der Waals surface area contributed by atoms with E-state index in [2.05, 4.69) is 30.4 Å². The van der Waals surface area contributed by atoms with Crippen LogP contribution in [0.4, 0.5) is 5.95 Å². The number of imidazole rings is 1. The lowest BCUT2D eigenvalue weighted by molar-refractivity contribution is 0.850. The van der Waals surface area contributed by atoms with E-state index in [1.54, 1.807) is 24.3 Å². The second-order valence-corrected chi connectivity index (χ2v) is 3.17. The largest absolute Gasteiger partial charge is 0.357 e. The Morgan fingerprint density at radius 2 is 2.31 bits per heavy atom. The minimum Gasteiger partial charge on any atom is -0.357 e. The highest BCUT2D eigenvalue weighted by Gasteiger charge is 2.10.